The molecule has 0 aromatic carbocycles. The number of esters is 2. The molecule has 2 bridgehead atoms. The van der Waals surface area contributed by atoms with Gasteiger partial charge in [-0.05, 0) is 71.1 Å². The topological polar surface area (TPSA) is 200 Å². The first-order valence-electron chi connectivity index (χ1n) is 17.9. The highest BCUT2D eigenvalue weighted by molar-refractivity contribution is 5.77. The third kappa shape index (κ3) is 10.3. The van der Waals surface area contributed by atoms with Crippen molar-refractivity contribution in [2.75, 3.05) is 13.2 Å². The van der Waals surface area contributed by atoms with E-state index in [0.29, 0.717) is 11.1 Å². The number of carbonyl (C=O) groups excluding carboxylic acids is 3. The maximum Gasteiger partial charge on any atom is 0.407 e. The SMILES string of the molecule is C=CC1O[C@H]2C[C@H](CO)OC[C@H](C)[C@H](O)[C@]3(C(C)(C)O)C[C@H](OC(=O)[C@H](O)C(CC(C)C)NC(=O)OC(C)(C)C)C(C)=C3[C@H](OC(C)=O)[C@@H](C2)O1. The van der Waals surface area contributed by atoms with E-state index >= 15 is 0 Å². The Balaban J connectivity index is 2.16. The normalized spacial score (nSPS) is 33.2. The highest BCUT2D eigenvalue weighted by Crippen LogP contribution is 2.57. The van der Waals surface area contributed by atoms with Gasteiger partial charge >= 0.3 is 18.0 Å². The van der Waals surface area contributed by atoms with Gasteiger partial charge in [0.25, 0.3) is 0 Å². The van der Waals surface area contributed by atoms with Gasteiger partial charge in [0.15, 0.2) is 18.5 Å². The Hall–Kier alpha value is -2.59. The van der Waals surface area contributed by atoms with Crippen molar-refractivity contribution in [2.24, 2.45) is 17.3 Å². The number of aliphatic hydroxyl groups excluding tert-OH is 3. The fourth-order valence-corrected chi connectivity index (χ4v) is 7.59. The molecule has 1 amide bonds. The summed E-state index contributed by atoms with van der Waals surface area (Å²) in [4.78, 5) is 39.2. The van der Waals surface area contributed by atoms with E-state index in [1.54, 1.807) is 34.6 Å². The van der Waals surface area contributed by atoms with E-state index < -0.39 is 95.6 Å². The van der Waals surface area contributed by atoms with Crippen LogP contribution in [-0.2, 0) is 38.0 Å². The lowest BCUT2D eigenvalue weighted by atomic mass is 9.60. The second kappa shape index (κ2) is 17.0. The van der Waals surface area contributed by atoms with Gasteiger partial charge in [0.2, 0.25) is 0 Å². The molecule has 11 atom stereocenters. The zero-order valence-electron chi connectivity index (χ0n) is 31.8. The number of carbonyl (C=O) groups is 3. The average Bonchev–Trinajstić information content (AvgIpc) is 3.30. The van der Waals surface area contributed by atoms with Crippen molar-refractivity contribution >= 4 is 18.0 Å². The fraction of sp³-hybridized carbons (Fsp3) is 0.811. The van der Waals surface area contributed by atoms with E-state index in [1.165, 1.54) is 26.8 Å². The van der Waals surface area contributed by atoms with E-state index in [1.807, 2.05) is 13.8 Å². The highest BCUT2D eigenvalue weighted by Gasteiger charge is 2.63. The maximum atomic E-state index is 13.8. The molecule has 0 aromatic heterocycles. The Morgan fingerprint density at radius 3 is 2.29 bits per heavy atom. The lowest BCUT2D eigenvalue weighted by Crippen LogP contribution is -2.59. The minimum atomic E-state index is -1.80. The number of alkyl carbamates (subject to hydrolysis) is 1. The second-order valence-electron chi connectivity index (χ2n) is 16.2. The molecule has 0 aromatic rings. The molecule has 0 spiro atoms. The van der Waals surface area contributed by atoms with Crippen molar-refractivity contribution < 1.29 is 63.2 Å². The van der Waals surface area contributed by atoms with Crippen molar-refractivity contribution in [1.82, 2.24) is 5.32 Å². The van der Waals surface area contributed by atoms with Crippen LogP contribution in [0.2, 0.25) is 0 Å². The lowest BCUT2D eigenvalue weighted by Gasteiger charge is -2.51. The summed E-state index contributed by atoms with van der Waals surface area (Å²) >= 11 is 0. The van der Waals surface area contributed by atoms with E-state index in [4.69, 9.17) is 28.4 Å². The Morgan fingerprint density at radius 2 is 1.76 bits per heavy atom. The number of nitrogens with one attached hydrogen (secondary N) is 1. The number of rotatable bonds is 10. The van der Waals surface area contributed by atoms with Crippen molar-refractivity contribution in [3.8, 4) is 0 Å². The molecular formula is C37H61NO13. The van der Waals surface area contributed by atoms with Crippen LogP contribution >= 0.6 is 0 Å². The molecule has 2 unspecified atom stereocenters. The molecule has 5 N–H and O–H groups in total. The first-order chi connectivity index (χ1) is 23.5. The Bertz CT molecular complexity index is 1270. The zero-order chi connectivity index (χ0) is 38.6. The number of aliphatic hydroxyl groups is 4. The van der Waals surface area contributed by atoms with Crippen LogP contribution in [0.25, 0.3) is 0 Å². The Labute approximate surface area is 301 Å². The molecule has 2 saturated heterocycles. The molecule has 3 aliphatic rings. The minimum Gasteiger partial charge on any atom is -0.456 e. The third-order valence-corrected chi connectivity index (χ3v) is 9.90. The molecule has 14 heteroatoms. The van der Waals surface area contributed by atoms with E-state index in [0.717, 1.165) is 0 Å². The predicted molar refractivity (Wildman–Crippen MR) is 185 cm³/mol. The van der Waals surface area contributed by atoms with Gasteiger partial charge in [-0.1, -0.05) is 27.4 Å². The van der Waals surface area contributed by atoms with Gasteiger partial charge < -0.3 is 54.2 Å². The molecule has 2 aliphatic heterocycles. The molecule has 0 radical (unpaired) electrons. The first-order valence-corrected chi connectivity index (χ1v) is 17.9. The van der Waals surface area contributed by atoms with Crippen LogP contribution in [0.4, 0.5) is 4.79 Å². The minimum absolute atomic E-state index is 0.0112. The number of fused-ring (bicyclic) bond motifs is 3. The summed E-state index contributed by atoms with van der Waals surface area (Å²) in [6.07, 6.45) is -7.26. The van der Waals surface area contributed by atoms with Crippen molar-refractivity contribution in [3.63, 3.8) is 0 Å². The van der Waals surface area contributed by atoms with Crippen molar-refractivity contribution in [3.05, 3.63) is 23.8 Å². The van der Waals surface area contributed by atoms with Crippen molar-refractivity contribution in [2.45, 2.75) is 161 Å². The van der Waals surface area contributed by atoms with Gasteiger partial charge in [0.05, 0.1) is 48.6 Å². The Kier molecular flexibility index (Phi) is 14.3. The molecule has 1 aliphatic carbocycles. The number of amides is 1. The quantitative estimate of drug-likeness (QED) is 0.125. The highest BCUT2D eigenvalue weighted by atomic mass is 16.7. The number of hydrogen-bond acceptors (Lipinski definition) is 13. The lowest BCUT2D eigenvalue weighted by molar-refractivity contribution is -0.250. The average molecular weight is 728 g/mol. The summed E-state index contributed by atoms with van der Waals surface area (Å²) in [6, 6.07) is -1.06. The summed E-state index contributed by atoms with van der Waals surface area (Å²) < 4.78 is 35.8. The summed E-state index contributed by atoms with van der Waals surface area (Å²) in [6.45, 7) is 20.0. The zero-order valence-corrected chi connectivity index (χ0v) is 31.8. The summed E-state index contributed by atoms with van der Waals surface area (Å²) in [5, 5.41) is 48.4. The van der Waals surface area contributed by atoms with Crippen LogP contribution in [0.1, 0.15) is 94.9 Å². The molecular weight excluding hydrogens is 666 g/mol. The molecule has 14 nitrogen and oxygen atoms in total. The molecule has 3 rings (SSSR count). The van der Waals surface area contributed by atoms with Gasteiger partial charge in [0.1, 0.15) is 17.8 Å². The van der Waals surface area contributed by atoms with Crippen LogP contribution in [0, 0.1) is 17.3 Å². The summed E-state index contributed by atoms with van der Waals surface area (Å²) in [5.41, 5.74) is -3.45. The van der Waals surface area contributed by atoms with Crippen LogP contribution in [0.15, 0.2) is 23.8 Å². The van der Waals surface area contributed by atoms with Crippen LogP contribution in [-0.4, -0.2) is 118 Å². The smallest absolute Gasteiger partial charge is 0.407 e. The molecule has 292 valence electrons. The van der Waals surface area contributed by atoms with E-state index in [-0.39, 0.29) is 44.8 Å². The molecule has 51 heavy (non-hydrogen) atoms. The summed E-state index contributed by atoms with van der Waals surface area (Å²) in [5.74, 6) is -2.38. The number of hydrogen-bond donors (Lipinski definition) is 5. The third-order valence-electron chi connectivity index (χ3n) is 9.90. The predicted octanol–water partition coefficient (Wildman–Crippen LogP) is 3.07. The second-order valence-corrected chi connectivity index (χ2v) is 16.2. The van der Waals surface area contributed by atoms with Crippen LogP contribution in [0.5, 0.6) is 0 Å². The standard InChI is InChI=1S/C37H61NO13/c1-12-28-48-23-14-24(17-39)46-18-20(4)32(42)37(36(10,11)45)16-27(21(5)29(37)31(47-22(6)40)26(15-23)49-28)50-33(43)30(41)25(13-19(2)3)38-34(44)51-35(7,8)9/h12,19-20,23-28,30-32,39,41-42,45H,1,13-18H2,2-11H3,(H,38,44)/t20-,23-,24+,25?,26+,27-,28?,30+,31+,32-,37-/m0/s1. The maximum absolute atomic E-state index is 13.8. The summed E-state index contributed by atoms with van der Waals surface area (Å²) in [7, 11) is 0. The molecule has 2 fully saturated rings. The van der Waals surface area contributed by atoms with Crippen molar-refractivity contribution in [1.29, 1.82) is 0 Å². The van der Waals surface area contributed by atoms with Gasteiger partial charge in [0, 0.05) is 32.1 Å². The number of ether oxygens (including phenoxy) is 6. The van der Waals surface area contributed by atoms with Gasteiger partial charge in [-0.3, -0.25) is 4.79 Å². The molecule has 0 saturated carbocycles. The largest absolute Gasteiger partial charge is 0.456 e. The fourth-order valence-electron chi connectivity index (χ4n) is 7.59. The first kappa shape index (κ1) is 42.8. The van der Waals surface area contributed by atoms with Gasteiger partial charge in [-0.25, -0.2) is 9.59 Å². The van der Waals surface area contributed by atoms with E-state index in [9.17, 15) is 34.8 Å². The van der Waals surface area contributed by atoms with Crippen LogP contribution in [0.3, 0.4) is 0 Å². The van der Waals surface area contributed by atoms with Gasteiger partial charge in [-0.15, -0.1) is 0 Å². The van der Waals surface area contributed by atoms with Crippen LogP contribution < -0.4 is 5.32 Å². The Morgan fingerprint density at radius 1 is 1.12 bits per heavy atom. The van der Waals surface area contributed by atoms with E-state index in [2.05, 4.69) is 11.9 Å². The van der Waals surface area contributed by atoms with Gasteiger partial charge in [-0.2, -0.15) is 0 Å². The molecule has 2 heterocycles. The monoisotopic (exact) mass is 727 g/mol.